The fourth-order valence-electron chi connectivity index (χ4n) is 3.69. The molecule has 1 aromatic heterocycles. The number of hydrogen-bond acceptors (Lipinski definition) is 0. The predicted octanol–water partition coefficient (Wildman–Crippen LogP) is 7.71. The third-order valence-corrected chi connectivity index (χ3v) is 4.96. The van der Waals surface area contributed by atoms with Crippen molar-refractivity contribution in [3.63, 3.8) is 0 Å². The average Bonchev–Trinajstić information content (AvgIpc) is 3.05. The van der Waals surface area contributed by atoms with E-state index in [1.54, 1.807) is 0 Å². The van der Waals surface area contributed by atoms with Crippen LogP contribution in [0.2, 0.25) is 0 Å². The molecule has 4 rings (SSSR count). The van der Waals surface area contributed by atoms with Crippen LogP contribution in [0.5, 0.6) is 0 Å². The highest BCUT2D eigenvalue weighted by molar-refractivity contribution is 6.10. The number of allylic oxidation sites excluding steroid dienone is 6. The van der Waals surface area contributed by atoms with Gasteiger partial charge in [0.15, 0.2) is 0 Å². The third kappa shape index (κ3) is 3.32. The molecule has 28 heavy (non-hydrogen) atoms. The van der Waals surface area contributed by atoms with Gasteiger partial charge in [-0.05, 0) is 62.2 Å². The zero-order valence-corrected chi connectivity index (χ0v) is 16.7. The van der Waals surface area contributed by atoms with Gasteiger partial charge in [0, 0.05) is 16.5 Å². The van der Waals surface area contributed by atoms with E-state index in [1.807, 2.05) is 0 Å². The first-order valence-electron chi connectivity index (χ1n) is 9.76. The fourth-order valence-corrected chi connectivity index (χ4v) is 3.69. The Bertz CT molecular complexity index is 1210. The summed E-state index contributed by atoms with van der Waals surface area (Å²) in [5, 5.41) is 2.56. The van der Waals surface area contributed by atoms with E-state index in [2.05, 4.69) is 122 Å². The molecule has 0 aliphatic rings. The van der Waals surface area contributed by atoms with Gasteiger partial charge in [-0.25, -0.2) is 0 Å². The number of rotatable bonds is 4. The maximum Gasteiger partial charge on any atom is 0.0541 e. The molecule has 0 aliphatic carbocycles. The van der Waals surface area contributed by atoms with E-state index in [0.29, 0.717) is 0 Å². The van der Waals surface area contributed by atoms with Crippen LogP contribution < -0.4 is 0 Å². The van der Waals surface area contributed by atoms with Crippen LogP contribution in [0.15, 0.2) is 103 Å². The number of benzene rings is 3. The second-order valence-corrected chi connectivity index (χ2v) is 7.29. The Morgan fingerprint density at radius 2 is 1.46 bits per heavy atom. The van der Waals surface area contributed by atoms with Crippen LogP contribution in [-0.4, -0.2) is 4.57 Å². The summed E-state index contributed by atoms with van der Waals surface area (Å²) in [6.07, 6.45) is 8.65. The zero-order chi connectivity index (χ0) is 19.5. The van der Waals surface area contributed by atoms with Crippen LogP contribution in [0.25, 0.3) is 33.1 Å². The van der Waals surface area contributed by atoms with Crippen molar-refractivity contribution in [3.05, 3.63) is 108 Å². The molecule has 3 aromatic carbocycles. The minimum absolute atomic E-state index is 1.19. The maximum absolute atomic E-state index is 2.35. The van der Waals surface area contributed by atoms with Gasteiger partial charge in [-0.3, -0.25) is 0 Å². The van der Waals surface area contributed by atoms with E-state index < -0.39 is 0 Å². The van der Waals surface area contributed by atoms with Crippen molar-refractivity contribution in [2.24, 2.45) is 0 Å². The van der Waals surface area contributed by atoms with Gasteiger partial charge in [-0.15, -0.1) is 0 Å². The Balaban J connectivity index is 2.00. The summed E-state index contributed by atoms with van der Waals surface area (Å²) < 4.78 is 2.35. The van der Waals surface area contributed by atoms with Crippen molar-refractivity contribution in [2.45, 2.75) is 20.8 Å². The monoisotopic (exact) mass is 363 g/mol. The third-order valence-electron chi connectivity index (χ3n) is 4.96. The first-order valence-corrected chi connectivity index (χ1v) is 9.76. The zero-order valence-electron chi connectivity index (χ0n) is 16.7. The van der Waals surface area contributed by atoms with E-state index >= 15 is 0 Å². The van der Waals surface area contributed by atoms with E-state index in [4.69, 9.17) is 0 Å². The Kier molecular flexibility index (Phi) is 4.99. The lowest BCUT2D eigenvalue weighted by Gasteiger charge is -2.08. The highest BCUT2D eigenvalue weighted by atomic mass is 15.0. The molecule has 0 saturated carbocycles. The molecule has 0 atom stereocenters. The Hall–Kier alpha value is -3.32. The lowest BCUT2D eigenvalue weighted by Crippen LogP contribution is -1.93. The van der Waals surface area contributed by atoms with Crippen LogP contribution in [0.3, 0.4) is 0 Å². The topological polar surface area (TPSA) is 4.93 Å². The van der Waals surface area contributed by atoms with Gasteiger partial charge < -0.3 is 4.57 Å². The van der Waals surface area contributed by atoms with E-state index in [9.17, 15) is 0 Å². The molecule has 1 nitrogen and oxygen atoms in total. The molecule has 0 fully saturated rings. The number of fused-ring (bicyclic) bond motifs is 3. The molecular formula is C27H25N. The van der Waals surface area contributed by atoms with Gasteiger partial charge >= 0.3 is 0 Å². The number of para-hydroxylation sites is 2. The van der Waals surface area contributed by atoms with Crippen LogP contribution in [0.4, 0.5) is 0 Å². The van der Waals surface area contributed by atoms with Crippen molar-refractivity contribution < 1.29 is 0 Å². The lowest BCUT2D eigenvalue weighted by atomic mass is 10.0. The average molecular weight is 364 g/mol. The molecule has 0 radical (unpaired) electrons. The molecule has 1 heteroatoms. The normalized spacial score (nSPS) is 12.2. The number of hydrogen-bond donors (Lipinski definition) is 0. The van der Waals surface area contributed by atoms with Crippen molar-refractivity contribution in [3.8, 4) is 5.69 Å². The highest BCUT2D eigenvalue weighted by Gasteiger charge is 2.12. The first-order chi connectivity index (χ1) is 13.7. The van der Waals surface area contributed by atoms with Crippen LogP contribution in [0.1, 0.15) is 26.3 Å². The SMILES string of the molecule is C/C=C\C(=C/C=C(C)C)c1ccc2c(c1)c1ccccc1n2-c1ccccc1. The van der Waals surface area contributed by atoms with Crippen molar-refractivity contribution >= 4 is 27.4 Å². The smallest absolute Gasteiger partial charge is 0.0541 e. The summed E-state index contributed by atoms with van der Waals surface area (Å²) in [6.45, 7) is 6.32. The van der Waals surface area contributed by atoms with Gasteiger partial charge in [0.05, 0.1) is 11.0 Å². The maximum atomic E-state index is 2.35. The van der Waals surface area contributed by atoms with Crippen molar-refractivity contribution in [1.29, 1.82) is 0 Å². The molecule has 0 amide bonds. The molecule has 0 bridgehead atoms. The second kappa shape index (κ2) is 7.74. The van der Waals surface area contributed by atoms with Crippen molar-refractivity contribution in [1.82, 2.24) is 4.57 Å². The molecule has 0 spiro atoms. The second-order valence-electron chi connectivity index (χ2n) is 7.29. The van der Waals surface area contributed by atoms with E-state index in [1.165, 1.54) is 44.2 Å². The molecule has 0 aliphatic heterocycles. The molecule has 1 heterocycles. The molecule has 138 valence electrons. The van der Waals surface area contributed by atoms with Gasteiger partial charge in [0.2, 0.25) is 0 Å². The summed E-state index contributed by atoms with van der Waals surface area (Å²) in [7, 11) is 0. The standard InChI is InChI=1S/C27H25N/c1-4-10-21(16-15-20(2)3)22-17-18-27-25(19-22)24-13-8-9-14-26(24)28(27)23-11-6-5-7-12-23/h4-19H,1-3H3/b10-4-,21-16+. The minimum atomic E-state index is 1.19. The molecule has 0 saturated heterocycles. The van der Waals surface area contributed by atoms with Gasteiger partial charge in [-0.2, -0.15) is 0 Å². The van der Waals surface area contributed by atoms with Gasteiger partial charge in [-0.1, -0.05) is 72.3 Å². The van der Waals surface area contributed by atoms with Gasteiger partial charge in [0.25, 0.3) is 0 Å². The Morgan fingerprint density at radius 3 is 2.21 bits per heavy atom. The van der Waals surface area contributed by atoms with Gasteiger partial charge in [0.1, 0.15) is 0 Å². The number of aromatic nitrogens is 1. The molecule has 0 N–H and O–H groups in total. The summed E-state index contributed by atoms with van der Waals surface area (Å²) in [5.41, 5.74) is 7.42. The number of nitrogens with zero attached hydrogens (tertiary/aromatic N) is 1. The highest BCUT2D eigenvalue weighted by Crippen LogP contribution is 2.34. The molecule has 0 unspecified atom stereocenters. The quantitative estimate of drug-likeness (QED) is 0.327. The largest absolute Gasteiger partial charge is 0.309 e. The molecular weight excluding hydrogens is 338 g/mol. The van der Waals surface area contributed by atoms with E-state index in [-0.39, 0.29) is 0 Å². The summed E-state index contributed by atoms with van der Waals surface area (Å²) in [4.78, 5) is 0. The lowest BCUT2D eigenvalue weighted by molar-refractivity contribution is 1.18. The predicted molar refractivity (Wildman–Crippen MR) is 123 cm³/mol. The summed E-state index contributed by atoms with van der Waals surface area (Å²) in [5.74, 6) is 0. The summed E-state index contributed by atoms with van der Waals surface area (Å²) in [6, 6.07) is 26.0. The molecule has 4 aromatic rings. The van der Waals surface area contributed by atoms with Crippen molar-refractivity contribution in [2.75, 3.05) is 0 Å². The Labute approximate surface area is 166 Å². The fraction of sp³-hybridized carbons (Fsp3) is 0.111. The summed E-state index contributed by atoms with van der Waals surface area (Å²) >= 11 is 0. The Morgan fingerprint density at radius 1 is 0.750 bits per heavy atom. The van der Waals surface area contributed by atoms with Crippen LogP contribution in [-0.2, 0) is 0 Å². The van der Waals surface area contributed by atoms with Crippen LogP contribution >= 0.6 is 0 Å². The first kappa shape index (κ1) is 18.1. The van der Waals surface area contributed by atoms with Crippen LogP contribution in [0, 0.1) is 0 Å². The van der Waals surface area contributed by atoms with E-state index in [0.717, 1.165) is 0 Å². The minimum Gasteiger partial charge on any atom is -0.309 e.